The van der Waals surface area contributed by atoms with Crippen molar-refractivity contribution >= 4 is 17.7 Å². The van der Waals surface area contributed by atoms with E-state index in [1.165, 1.54) is 40.7 Å². The van der Waals surface area contributed by atoms with E-state index in [4.69, 9.17) is 0 Å². The summed E-state index contributed by atoms with van der Waals surface area (Å²) in [5.41, 5.74) is 1.01. The van der Waals surface area contributed by atoms with Crippen molar-refractivity contribution in [3.8, 4) is 11.4 Å². The third-order valence-corrected chi connectivity index (χ3v) is 5.05. The minimum Gasteiger partial charge on any atom is -0.406 e. The lowest BCUT2D eigenvalue weighted by atomic mass is 10.2. The number of alkyl halides is 3. The van der Waals surface area contributed by atoms with Gasteiger partial charge in [-0.2, -0.15) is 0 Å². The molecule has 31 heavy (non-hydrogen) atoms. The van der Waals surface area contributed by atoms with Gasteiger partial charge in [0.25, 0.3) is 5.91 Å². The molecule has 0 aliphatic carbocycles. The molecule has 0 bridgehead atoms. The van der Waals surface area contributed by atoms with Gasteiger partial charge in [0.2, 0.25) is 0 Å². The number of benzene rings is 1. The summed E-state index contributed by atoms with van der Waals surface area (Å²) in [6.07, 6.45) is -0.850. The van der Waals surface area contributed by atoms with E-state index in [0.29, 0.717) is 16.5 Å². The van der Waals surface area contributed by atoms with Crippen molar-refractivity contribution in [2.75, 3.05) is 0 Å². The van der Waals surface area contributed by atoms with E-state index < -0.39 is 6.36 Å². The molecule has 8 nitrogen and oxygen atoms in total. The Bertz CT molecular complexity index is 1010. The van der Waals surface area contributed by atoms with Crippen molar-refractivity contribution in [3.63, 3.8) is 0 Å². The molecular formula is C19H19F3N6O2S. The Kier molecular flexibility index (Phi) is 7.10. The van der Waals surface area contributed by atoms with E-state index >= 15 is 0 Å². The summed E-state index contributed by atoms with van der Waals surface area (Å²) in [5.74, 6) is -0.483. The Morgan fingerprint density at radius 1 is 1.23 bits per heavy atom. The van der Waals surface area contributed by atoms with Crippen LogP contribution in [0.4, 0.5) is 13.2 Å². The largest absolute Gasteiger partial charge is 0.573 e. The summed E-state index contributed by atoms with van der Waals surface area (Å²) < 4.78 is 42.5. The number of halogens is 3. The minimum atomic E-state index is -4.78. The van der Waals surface area contributed by atoms with E-state index in [1.807, 2.05) is 13.8 Å². The summed E-state index contributed by atoms with van der Waals surface area (Å²) in [6, 6.07) is 6.76. The molecule has 12 heteroatoms. The van der Waals surface area contributed by atoms with Crippen LogP contribution in [0.25, 0.3) is 5.69 Å². The molecule has 0 saturated carbocycles. The van der Waals surface area contributed by atoms with E-state index in [0.717, 1.165) is 6.42 Å². The fraction of sp³-hybridized carbons (Fsp3) is 0.316. The molecular weight excluding hydrogens is 433 g/mol. The zero-order chi connectivity index (χ0) is 22.4. The molecule has 1 N–H and O–H groups in total. The molecule has 0 aliphatic rings. The summed E-state index contributed by atoms with van der Waals surface area (Å²) in [4.78, 5) is 21.0. The average Bonchev–Trinajstić information content (AvgIpc) is 3.16. The van der Waals surface area contributed by atoms with Crippen molar-refractivity contribution in [2.24, 2.45) is 0 Å². The van der Waals surface area contributed by atoms with Crippen LogP contribution < -0.4 is 10.1 Å². The molecule has 2 aromatic heterocycles. The van der Waals surface area contributed by atoms with Gasteiger partial charge in [-0.25, -0.2) is 14.6 Å². The molecule has 0 aliphatic heterocycles. The predicted molar refractivity (Wildman–Crippen MR) is 107 cm³/mol. The first-order chi connectivity index (χ1) is 14.8. The van der Waals surface area contributed by atoms with Crippen molar-refractivity contribution in [3.05, 3.63) is 54.1 Å². The van der Waals surface area contributed by atoms with Crippen LogP contribution in [0.2, 0.25) is 0 Å². The molecule has 3 rings (SSSR count). The van der Waals surface area contributed by atoms with Gasteiger partial charge in [-0.3, -0.25) is 4.79 Å². The van der Waals surface area contributed by atoms with Crippen LogP contribution >= 0.6 is 11.8 Å². The number of carbonyl (C=O) groups excluding carboxylic acids is 1. The minimum absolute atomic E-state index is 0.0607. The summed E-state index contributed by atoms with van der Waals surface area (Å²) in [5, 5.41) is 11.4. The molecule has 0 fully saturated rings. The van der Waals surface area contributed by atoms with Crippen molar-refractivity contribution in [1.82, 2.24) is 30.3 Å². The van der Waals surface area contributed by atoms with Crippen molar-refractivity contribution in [2.45, 2.75) is 43.6 Å². The highest BCUT2D eigenvalue weighted by molar-refractivity contribution is 7.98. The lowest BCUT2D eigenvalue weighted by Gasteiger charge is -2.12. The van der Waals surface area contributed by atoms with Gasteiger partial charge in [0, 0.05) is 24.2 Å². The SMILES string of the molecule is CCC(C)NC(=O)c1nnn(-c2ccc(OC(F)(F)F)cc2)c1CSc1ncccn1. The number of rotatable bonds is 8. The van der Waals surface area contributed by atoms with Gasteiger partial charge in [-0.1, -0.05) is 23.9 Å². The number of nitrogens with one attached hydrogen (secondary N) is 1. The fourth-order valence-electron chi connectivity index (χ4n) is 2.49. The molecule has 164 valence electrons. The summed E-state index contributed by atoms with van der Waals surface area (Å²) >= 11 is 1.28. The third kappa shape index (κ3) is 6.17. The number of hydrogen-bond donors (Lipinski definition) is 1. The number of thioether (sulfide) groups is 1. The zero-order valence-corrected chi connectivity index (χ0v) is 17.4. The van der Waals surface area contributed by atoms with Gasteiger partial charge in [-0.05, 0) is 43.7 Å². The number of amides is 1. The predicted octanol–water partition coefficient (Wildman–Crippen LogP) is 3.78. The monoisotopic (exact) mass is 452 g/mol. The Labute approximate surface area is 180 Å². The Hall–Kier alpha value is -3.15. The molecule has 1 atom stereocenters. The Morgan fingerprint density at radius 3 is 2.52 bits per heavy atom. The molecule has 1 amide bonds. The van der Waals surface area contributed by atoms with E-state index in [-0.39, 0.29) is 29.1 Å². The van der Waals surface area contributed by atoms with Crippen molar-refractivity contribution < 1.29 is 22.7 Å². The molecule has 2 heterocycles. The van der Waals surface area contributed by atoms with Crippen LogP contribution in [0.5, 0.6) is 5.75 Å². The second kappa shape index (κ2) is 9.77. The van der Waals surface area contributed by atoms with Crippen LogP contribution in [-0.4, -0.2) is 43.3 Å². The topological polar surface area (TPSA) is 94.8 Å². The van der Waals surface area contributed by atoms with E-state index in [2.05, 4.69) is 30.3 Å². The third-order valence-electron chi connectivity index (χ3n) is 4.16. The Balaban J connectivity index is 1.90. The van der Waals surface area contributed by atoms with Gasteiger partial charge in [0.1, 0.15) is 5.75 Å². The highest BCUT2D eigenvalue weighted by atomic mass is 32.2. The van der Waals surface area contributed by atoms with Crippen LogP contribution in [0.15, 0.2) is 47.9 Å². The van der Waals surface area contributed by atoms with Crippen molar-refractivity contribution in [1.29, 1.82) is 0 Å². The van der Waals surface area contributed by atoms with Crippen LogP contribution in [-0.2, 0) is 5.75 Å². The summed E-state index contributed by atoms with van der Waals surface area (Å²) in [7, 11) is 0. The number of aromatic nitrogens is 5. The Morgan fingerprint density at radius 2 is 1.90 bits per heavy atom. The molecule has 0 radical (unpaired) electrons. The van der Waals surface area contributed by atoms with Crippen LogP contribution in [0.3, 0.4) is 0 Å². The standard InChI is InChI=1S/C19H19F3N6O2S/c1-3-12(2)25-17(29)16-15(11-31-18-23-9-4-10-24-18)28(27-26-16)13-5-7-14(8-6-13)30-19(20,21)22/h4-10,12H,3,11H2,1-2H3,(H,25,29). The number of hydrogen-bond acceptors (Lipinski definition) is 7. The zero-order valence-electron chi connectivity index (χ0n) is 16.6. The molecule has 0 saturated heterocycles. The maximum Gasteiger partial charge on any atom is 0.573 e. The maximum absolute atomic E-state index is 12.7. The van der Waals surface area contributed by atoms with Gasteiger partial charge >= 0.3 is 6.36 Å². The smallest absolute Gasteiger partial charge is 0.406 e. The lowest BCUT2D eigenvalue weighted by Crippen LogP contribution is -2.32. The first-order valence-corrected chi connectivity index (χ1v) is 10.3. The molecule has 0 spiro atoms. The van der Waals surface area contributed by atoms with Gasteiger partial charge < -0.3 is 10.1 Å². The van der Waals surface area contributed by atoms with Gasteiger partial charge in [0.15, 0.2) is 10.9 Å². The maximum atomic E-state index is 12.7. The average molecular weight is 452 g/mol. The van der Waals surface area contributed by atoms with Crippen LogP contribution in [0.1, 0.15) is 36.5 Å². The fourth-order valence-corrected chi connectivity index (χ4v) is 3.29. The normalized spacial score (nSPS) is 12.4. The molecule has 1 unspecified atom stereocenters. The highest BCUT2D eigenvalue weighted by Crippen LogP contribution is 2.26. The number of ether oxygens (including phenoxy) is 1. The molecule has 3 aromatic rings. The quantitative estimate of drug-likeness (QED) is 0.411. The highest BCUT2D eigenvalue weighted by Gasteiger charge is 2.31. The van der Waals surface area contributed by atoms with E-state index in [9.17, 15) is 18.0 Å². The number of nitrogens with zero attached hydrogens (tertiary/aromatic N) is 5. The van der Waals surface area contributed by atoms with Gasteiger partial charge in [0.05, 0.1) is 11.4 Å². The second-order valence-corrected chi connectivity index (χ2v) is 7.38. The lowest BCUT2D eigenvalue weighted by molar-refractivity contribution is -0.274. The number of carbonyl (C=O) groups is 1. The first kappa shape index (κ1) is 22.5. The second-order valence-electron chi connectivity index (χ2n) is 6.44. The van der Waals surface area contributed by atoms with Gasteiger partial charge in [-0.15, -0.1) is 18.3 Å². The first-order valence-electron chi connectivity index (χ1n) is 9.28. The molecule has 1 aromatic carbocycles. The summed E-state index contributed by atoms with van der Waals surface area (Å²) in [6.45, 7) is 3.81. The van der Waals surface area contributed by atoms with E-state index in [1.54, 1.807) is 18.5 Å². The van der Waals surface area contributed by atoms with Crippen LogP contribution in [0, 0.1) is 0 Å².